The molecule has 4 rings (SSSR count). The van der Waals surface area contributed by atoms with Gasteiger partial charge in [-0.25, -0.2) is 5.43 Å². The highest BCUT2D eigenvalue weighted by molar-refractivity contribution is 5.45. The van der Waals surface area contributed by atoms with Crippen molar-refractivity contribution in [3.8, 4) is 11.5 Å². The summed E-state index contributed by atoms with van der Waals surface area (Å²) in [6.45, 7) is 5.05. The second kappa shape index (κ2) is 7.02. The first-order chi connectivity index (χ1) is 11.4. The van der Waals surface area contributed by atoms with Crippen molar-refractivity contribution < 1.29 is 18.9 Å². The van der Waals surface area contributed by atoms with Crippen LogP contribution in [0.2, 0.25) is 0 Å². The Hall–Kier alpha value is -1.38. The average molecular weight is 321 g/mol. The van der Waals surface area contributed by atoms with Gasteiger partial charge in [0.2, 0.25) is 6.79 Å². The number of fused-ring (bicyclic) bond motifs is 1. The Bertz CT molecular complexity index is 536. The quantitative estimate of drug-likeness (QED) is 0.715. The SMILES string of the molecule is c1cc2c(cc1C1NNCC1CNCC1COCCO1)OCO2. The zero-order valence-corrected chi connectivity index (χ0v) is 13.0. The van der Waals surface area contributed by atoms with E-state index in [0.717, 1.165) is 31.1 Å². The summed E-state index contributed by atoms with van der Waals surface area (Å²) in [5.74, 6) is 2.11. The van der Waals surface area contributed by atoms with Crippen LogP contribution >= 0.6 is 0 Å². The summed E-state index contributed by atoms with van der Waals surface area (Å²) in [6, 6.07) is 6.40. The summed E-state index contributed by atoms with van der Waals surface area (Å²) in [5.41, 5.74) is 7.83. The van der Waals surface area contributed by atoms with Gasteiger partial charge in [0.1, 0.15) is 0 Å². The molecule has 0 spiro atoms. The lowest BCUT2D eigenvalue weighted by Gasteiger charge is -2.25. The van der Waals surface area contributed by atoms with Crippen molar-refractivity contribution in [3.63, 3.8) is 0 Å². The molecule has 3 atom stereocenters. The second-order valence-corrected chi connectivity index (χ2v) is 6.10. The minimum absolute atomic E-state index is 0.162. The monoisotopic (exact) mass is 321 g/mol. The Kier molecular flexibility index (Phi) is 4.63. The summed E-state index contributed by atoms with van der Waals surface area (Å²) in [7, 11) is 0. The highest BCUT2D eigenvalue weighted by Crippen LogP contribution is 2.36. The number of ether oxygens (including phenoxy) is 4. The first kappa shape index (κ1) is 15.2. The van der Waals surface area contributed by atoms with Crippen molar-refractivity contribution in [2.24, 2.45) is 5.92 Å². The third-order valence-corrected chi connectivity index (χ3v) is 4.51. The van der Waals surface area contributed by atoms with Crippen molar-refractivity contribution >= 4 is 0 Å². The van der Waals surface area contributed by atoms with Crippen LogP contribution in [-0.2, 0) is 9.47 Å². The number of rotatable bonds is 5. The van der Waals surface area contributed by atoms with Crippen molar-refractivity contribution in [1.82, 2.24) is 16.2 Å². The molecule has 3 aliphatic rings. The van der Waals surface area contributed by atoms with Crippen molar-refractivity contribution in [2.45, 2.75) is 12.1 Å². The van der Waals surface area contributed by atoms with E-state index in [4.69, 9.17) is 18.9 Å². The molecular weight excluding hydrogens is 298 g/mol. The molecule has 7 nitrogen and oxygen atoms in total. The van der Waals surface area contributed by atoms with E-state index in [1.165, 1.54) is 5.56 Å². The lowest BCUT2D eigenvalue weighted by atomic mass is 9.94. The van der Waals surface area contributed by atoms with Crippen molar-refractivity contribution in [2.75, 3.05) is 46.2 Å². The normalized spacial score (nSPS) is 29.8. The Morgan fingerprint density at radius 3 is 3.00 bits per heavy atom. The van der Waals surface area contributed by atoms with E-state index < -0.39 is 0 Å². The van der Waals surface area contributed by atoms with Crippen LogP contribution in [0.15, 0.2) is 18.2 Å². The largest absolute Gasteiger partial charge is 0.454 e. The molecule has 3 aliphatic heterocycles. The number of nitrogens with one attached hydrogen (secondary N) is 3. The minimum Gasteiger partial charge on any atom is -0.454 e. The van der Waals surface area contributed by atoms with E-state index in [-0.39, 0.29) is 12.1 Å². The molecule has 0 aromatic heterocycles. The maximum atomic E-state index is 5.66. The molecule has 0 amide bonds. The van der Waals surface area contributed by atoms with Crippen molar-refractivity contribution in [3.05, 3.63) is 23.8 Å². The van der Waals surface area contributed by atoms with E-state index >= 15 is 0 Å². The van der Waals surface area contributed by atoms with Gasteiger partial charge in [0.25, 0.3) is 0 Å². The summed E-state index contributed by atoms with van der Waals surface area (Å²) in [6.07, 6.45) is 0.162. The maximum Gasteiger partial charge on any atom is 0.231 e. The zero-order valence-electron chi connectivity index (χ0n) is 13.0. The van der Waals surface area contributed by atoms with Gasteiger partial charge in [0, 0.05) is 25.6 Å². The lowest BCUT2D eigenvalue weighted by Crippen LogP contribution is -2.39. The van der Waals surface area contributed by atoms with Gasteiger partial charge in [-0.05, 0) is 17.7 Å². The van der Waals surface area contributed by atoms with Gasteiger partial charge < -0.3 is 24.3 Å². The zero-order chi connectivity index (χ0) is 15.5. The first-order valence-corrected chi connectivity index (χ1v) is 8.18. The molecule has 0 saturated carbocycles. The van der Waals surface area contributed by atoms with E-state index in [0.29, 0.717) is 32.5 Å². The maximum absolute atomic E-state index is 5.66. The van der Waals surface area contributed by atoms with Crippen LogP contribution in [0.1, 0.15) is 11.6 Å². The van der Waals surface area contributed by atoms with Gasteiger partial charge in [0.15, 0.2) is 11.5 Å². The molecule has 1 aromatic rings. The van der Waals surface area contributed by atoms with Gasteiger partial charge in [-0.2, -0.15) is 0 Å². The minimum atomic E-state index is 0.162. The Balaban J connectivity index is 1.33. The van der Waals surface area contributed by atoms with Gasteiger partial charge in [-0.3, -0.25) is 5.43 Å². The molecule has 3 heterocycles. The van der Waals surface area contributed by atoms with Gasteiger partial charge in [0.05, 0.1) is 32.0 Å². The molecule has 2 fully saturated rings. The molecule has 0 aliphatic carbocycles. The summed E-state index contributed by atoms with van der Waals surface area (Å²) in [4.78, 5) is 0. The third kappa shape index (κ3) is 3.44. The van der Waals surface area contributed by atoms with E-state index in [1.54, 1.807) is 0 Å². The van der Waals surface area contributed by atoms with E-state index in [9.17, 15) is 0 Å². The highest BCUT2D eigenvalue weighted by atomic mass is 16.7. The molecule has 3 unspecified atom stereocenters. The second-order valence-electron chi connectivity index (χ2n) is 6.10. The number of hydrogen-bond donors (Lipinski definition) is 3. The van der Waals surface area contributed by atoms with Gasteiger partial charge in [-0.1, -0.05) is 6.07 Å². The molecule has 3 N–H and O–H groups in total. The number of hydrogen-bond acceptors (Lipinski definition) is 7. The topological polar surface area (TPSA) is 73.0 Å². The Morgan fingerprint density at radius 1 is 1.13 bits per heavy atom. The van der Waals surface area contributed by atoms with Crippen LogP contribution in [-0.4, -0.2) is 52.4 Å². The predicted octanol–water partition coefficient (Wildman–Crippen LogP) is 0.185. The van der Waals surface area contributed by atoms with Crippen molar-refractivity contribution in [1.29, 1.82) is 0 Å². The van der Waals surface area contributed by atoms with E-state index in [1.807, 2.05) is 6.07 Å². The van der Waals surface area contributed by atoms with E-state index in [2.05, 4.69) is 28.3 Å². The fourth-order valence-corrected chi connectivity index (χ4v) is 3.27. The van der Waals surface area contributed by atoms with Gasteiger partial charge >= 0.3 is 0 Å². The molecule has 1 aromatic carbocycles. The molecule has 0 radical (unpaired) electrons. The average Bonchev–Trinajstić information content (AvgIpc) is 3.24. The molecular formula is C16H23N3O4. The van der Waals surface area contributed by atoms with Crippen LogP contribution in [0.3, 0.4) is 0 Å². The van der Waals surface area contributed by atoms with Crippen LogP contribution in [0, 0.1) is 5.92 Å². The molecule has 0 bridgehead atoms. The molecule has 2 saturated heterocycles. The Morgan fingerprint density at radius 2 is 2.09 bits per heavy atom. The fourth-order valence-electron chi connectivity index (χ4n) is 3.27. The number of hydrazine groups is 1. The number of benzene rings is 1. The molecule has 126 valence electrons. The van der Waals surface area contributed by atoms with Crippen LogP contribution in [0.25, 0.3) is 0 Å². The summed E-state index contributed by atoms with van der Waals surface area (Å²) >= 11 is 0. The standard InChI is InChI=1S/C16H23N3O4/c1-2-14-15(23-10-22-14)5-11(1)16-12(7-18-19-16)6-17-8-13-9-20-3-4-21-13/h1-2,5,12-13,16-19H,3-4,6-10H2. The van der Waals surface area contributed by atoms with Crippen LogP contribution in [0.4, 0.5) is 0 Å². The molecule has 23 heavy (non-hydrogen) atoms. The smallest absolute Gasteiger partial charge is 0.231 e. The first-order valence-electron chi connectivity index (χ1n) is 8.18. The third-order valence-electron chi connectivity index (χ3n) is 4.51. The van der Waals surface area contributed by atoms with Crippen LogP contribution in [0.5, 0.6) is 11.5 Å². The Labute approximate surface area is 135 Å². The van der Waals surface area contributed by atoms with Gasteiger partial charge in [-0.15, -0.1) is 0 Å². The summed E-state index contributed by atoms with van der Waals surface area (Å²) in [5, 5.41) is 3.51. The predicted molar refractivity (Wildman–Crippen MR) is 83.4 cm³/mol. The molecule has 7 heteroatoms. The van der Waals surface area contributed by atoms with Crippen LogP contribution < -0.4 is 25.6 Å². The highest BCUT2D eigenvalue weighted by Gasteiger charge is 2.29. The lowest BCUT2D eigenvalue weighted by molar-refractivity contribution is -0.0865. The summed E-state index contributed by atoms with van der Waals surface area (Å²) < 4.78 is 21.9. The fraction of sp³-hybridized carbons (Fsp3) is 0.625.